The second kappa shape index (κ2) is 13.5. The third kappa shape index (κ3) is 8.29. The van der Waals surface area contributed by atoms with Gasteiger partial charge in [0.05, 0.1) is 22.0 Å². The van der Waals surface area contributed by atoms with E-state index >= 15 is 0 Å². The first-order chi connectivity index (χ1) is 20.3. The zero-order valence-corrected chi connectivity index (χ0v) is 29.0. The smallest absolute Gasteiger partial charge is 0.426 e. The summed E-state index contributed by atoms with van der Waals surface area (Å²) in [5.74, 6) is -7.32. The number of fused-ring (bicyclic) bond motifs is 2. The Morgan fingerprint density at radius 1 is 1.05 bits per heavy atom. The van der Waals surface area contributed by atoms with Gasteiger partial charge in [0.1, 0.15) is 11.9 Å². The monoisotopic (exact) mass is 979 g/mol. The van der Waals surface area contributed by atoms with E-state index in [1.165, 1.54) is 0 Å². The van der Waals surface area contributed by atoms with E-state index in [9.17, 15) is 46.1 Å². The molecule has 12 nitrogen and oxygen atoms in total. The van der Waals surface area contributed by atoms with Gasteiger partial charge in [-0.15, -0.1) is 0 Å². The highest BCUT2D eigenvalue weighted by atomic mass is 127. The van der Waals surface area contributed by atoms with Gasteiger partial charge in [-0.2, -0.15) is 21.6 Å². The third-order valence-corrected chi connectivity index (χ3v) is 11.5. The fraction of sp³-hybridized carbons (Fsp3) is 0.400. The Hall–Kier alpha value is -1.86. The molecule has 2 bridgehead atoms. The summed E-state index contributed by atoms with van der Waals surface area (Å²) >= 11 is 5.97. The predicted molar refractivity (Wildman–Crippen MR) is 169 cm³/mol. The third-order valence-electron chi connectivity index (χ3n) is 7.15. The van der Waals surface area contributed by atoms with Crippen LogP contribution in [-0.2, 0) is 24.4 Å². The molecule has 2 fully saturated rings. The van der Waals surface area contributed by atoms with Crippen LogP contribution < -0.4 is 4.74 Å². The summed E-state index contributed by atoms with van der Waals surface area (Å²) in [6.45, 7) is 0. The zero-order valence-electron chi connectivity index (χ0n) is 21.8. The molecule has 2 aliphatic rings. The average Bonchev–Trinajstić information content (AvgIpc) is 3.49. The normalized spacial score (nSPS) is 21.9. The van der Waals surface area contributed by atoms with Gasteiger partial charge in [0.15, 0.2) is 0 Å². The quantitative estimate of drug-likeness (QED) is 0.0634. The number of nitrogens with zero attached hydrogens (tertiary/aromatic N) is 1. The molecule has 0 amide bonds. The largest absolute Gasteiger partial charge is 0.458 e. The maximum atomic E-state index is 13.2. The summed E-state index contributed by atoms with van der Waals surface area (Å²) in [5.41, 5.74) is -0.571. The molecule has 0 saturated heterocycles. The lowest BCUT2D eigenvalue weighted by atomic mass is 9.87. The predicted octanol–water partition coefficient (Wildman–Crippen LogP) is 5.56. The van der Waals surface area contributed by atoms with Gasteiger partial charge < -0.3 is 14.2 Å². The van der Waals surface area contributed by atoms with E-state index in [4.69, 9.17) is 14.0 Å². The standard InChI is InChI=1S/C25H19F3I3NO11S/c26-25(27,28)20(9-44(38,39)40)43-23(34)14-4-12-3-11(14)6-18(12)41-22(33)10-1-2-17(32(36)37)19(5-10)42-24(35)15-7-13(29)8-16(30)21(15)31/h1-2,5,7-8,11-12,14,18,20H,3-4,6,9H2,(H,38,39,40). The second-order valence-electron chi connectivity index (χ2n) is 10.1. The number of esters is 3. The van der Waals surface area contributed by atoms with Crippen molar-refractivity contribution in [3.63, 3.8) is 0 Å². The Balaban J connectivity index is 1.44. The zero-order chi connectivity index (χ0) is 32.7. The Morgan fingerprint density at radius 2 is 1.73 bits per heavy atom. The SMILES string of the molecule is O=C(OC1CC2CC1CC2C(=O)OC(CS(=O)(=O)O)C(F)(F)F)c1ccc([N+](=O)[O-])c(OC(=O)c2cc(I)cc(I)c2I)c1. The summed E-state index contributed by atoms with van der Waals surface area (Å²) in [5, 5.41) is 11.6. The topological polar surface area (TPSA) is 176 Å². The van der Waals surface area contributed by atoms with E-state index in [-0.39, 0.29) is 24.0 Å². The van der Waals surface area contributed by atoms with Crippen molar-refractivity contribution in [1.29, 1.82) is 0 Å². The molecule has 0 aliphatic heterocycles. The van der Waals surface area contributed by atoms with Crippen molar-refractivity contribution in [3.05, 3.63) is 62.3 Å². The van der Waals surface area contributed by atoms with Crippen LogP contribution in [0.15, 0.2) is 30.3 Å². The number of rotatable bonds is 9. The molecule has 0 radical (unpaired) electrons. The fourth-order valence-corrected chi connectivity index (χ4v) is 8.22. The number of carbonyl (C=O) groups is 3. The highest BCUT2D eigenvalue weighted by Crippen LogP contribution is 2.50. The van der Waals surface area contributed by atoms with Crippen LogP contribution in [0.2, 0.25) is 0 Å². The van der Waals surface area contributed by atoms with Crippen molar-refractivity contribution in [2.45, 2.75) is 37.6 Å². The molecule has 19 heteroatoms. The summed E-state index contributed by atoms with van der Waals surface area (Å²) in [7, 11) is -5.09. The minimum absolute atomic E-state index is 0.00827. The molecule has 238 valence electrons. The molecule has 2 aromatic carbocycles. The second-order valence-corrected chi connectivity index (χ2v) is 15.1. The maximum Gasteiger partial charge on any atom is 0.426 e. The van der Waals surface area contributed by atoms with Crippen LogP contribution in [0.25, 0.3) is 0 Å². The first-order valence-corrected chi connectivity index (χ1v) is 17.3. The summed E-state index contributed by atoms with van der Waals surface area (Å²) in [6, 6.07) is 6.48. The molecule has 2 aliphatic carbocycles. The van der Waals surface area contributed by atoms with Crippen molar-refractivity contribution in [1.82, 2.24) is 0 Å². The minimum atomic E-state index is -5.23. The Labute approximate surface area is 288 Å². The number of halogens is 6. The van der Waals surface area contributed by atoms with Gasteiger partial charge in [0, 0.05) is 22.8 Å². The van der Waals surface area contributed by atoms with Gasteiger partial charge in [0.25, 0.3) is 10.1 Å². The van der Waals surface area contributed by atoms with Crippen LogP contribution in [0, 0.1) is 38.6 Å². The highest BCUT2D eigenvalue weighted by Gasteiger charge is 2.53. The van der Waals surface area contributed by atoms with E-state index < -0.39 is 86.3 Å². The van der Waals surface area contributed by atoms with Crippen molar-refractivity contribution in [2.75, 3.05) is 5.75 Å². The van der Waals surface area contributed by atoms with E-state index in [2.05, 4.69) is 4.74 Å². The summed E-state index contributed by atoms with van der Waals surface area (Å²) in [6.07, 6.45) is -8.57. The van der Waals surface area contributed by atoms with Gasteiger partial charge in [-0.3, -0.25) is 19.5 Å². The van der Waals surface area contributed by atoms with Crippen LogP contribution in [-0.4, -0.2) is 59.9 Å². The Morgan fingerprint density at radius 3 is 2.30 bits per heavy atom. The maximum absolute atomic E-state index is 13.2. The molecule has 5 unspecified atom stereocenters. The number of ether oxygens (including phenoxy) is 3. The van der Waals surface area contributed by atoms with Gasteiger partial charge >= 0.3 is 29.8 Å². The number of nitro groups is 1. The number of hydrogen-bond acceptors (Lipinski definition) is 10. The fourth-order valence-electron chi connectivity index (χ4n) is 5.21. The molecule has 0 aromatic heterocycles. The highest BCUT2D eigenvalue weighted by molar-refractivity contribution is 14.1. The van der Waals surface area contributed by atoms with Crippen LogP contribution in [0.1, 0.15) is 40.0 Å². The van der Waals surface area contributed by atoms with E-state index in [0.717, 1.165) is 25.3 Å². The van der Waals surface area contributed by atoms with Crippen molar-refractivity contribution in [2.24, 2.45) is 17.8 Å². The number of carbonyl (C=O) groups excluding carboxylic acids is 3. The molecule has 5 atom stereocenters. The summed E-state index contributed by atoms with van der Waals surface area (Å²) in [4.78, 5) is 49.2. The van der Waals surface area contributed by atoms with Gasteiger partial charge in [-0.05, 0) is 117 Å². The van der Waals surface area contributed by atoms with Crippen molar-refractivity contribution >= 4 is 101 Å². The summed E-state index contributed by atoms with van der Waals surface area (Å²) < 4.78 is 87.7. The van der Waals surface area contributed by atoms with E-state index in [0.29, 0.717) is 9.99 Å². The molecule has 4 rings (SSSR count). The van der Waals surface area contributed by atoms with Gasteiger partial charge in [-0.25, -0.2) is 9.59 Å². The lowest BCUT2D eigenvalue weighted by Gasteiger charge is -2.28. The molecule has 2 saturated carbocycles. The molecular formula is C25H19F3I3NO11S. The lowest BCUT2D eigenvalue weighted by Crippen LogP contribution is -2.42. The van der Waals surface area contributed by atoms with Crippen LogP contribution in [0.3, 0.4) is 0 Å². The number of hydrogen-bond donors (Lipinski definition) is 1. The van der Waals surface area contributed by atoms with Crippen LogP contribution in [0.4, 0.5) is 18.9 Å². The van der Waals surface area contributed by atoms with Gasteiger partial charge in [-0.1, -0.05) is 0 Å². The van der Waals surface area contributed by atoms with E-state index in [1.54, 1.807) is 6.07 Å². The minimum Gasteiger partial charge on any atom is -0.458 e. The molecule has 44 heavy (non-hydrogen) atoms. The van der Waals surface area contributed by atoms with Crippen molar-refractivity contribution in [3.8, 4) is 5.75 Å². The van der Waals surface area contributed by atoms with Gasteiger partial charge in [0.2, 0.25) is 11.9 Å². The van der Waals surface area contributed by atoms with Crippen LogP contribution >= 0.6 is 67.8 Å². The van der Waals surface area contributed by atoms with Crippen molar-refractivity contribution < 1.29 is 59.7 Å². The number of benzene rings is 2. The number of alkyl halides is 3. The molecule has 1 N–H and O–H groups in total. The first kappa shape index (κ1) is 35.0. The Bertz CT molecular complexity index is 1640. The first-order valence-electron chi connectivity index (χ1n) is 12.4. The Kier molecular flexibility index (Phi) is 10.7. The molecule has 0 heterocycles. The molecule has 0 spiro atoms. The van der Waals surface area contributed by atoms with Crippen LogP contribution in [0.5, 0.6) is 5.75 Å². The molecular weight excluding hydrogens is 960 g/mol. The number of nitro benzene ring substituents is 1. The lowest BCUT2D eigenvalue weighted by molar-refractivity contribution is -0.385. The van der Waals surface area contributed by atoms with E-state index in [1.807, 2.05) is 73.8 Å². The average molecular weight is 979 g/mol. The molecule has 2 aromatic rings.